The highest BCUT2D eigenvalue weighted by Crippen LogP contribution is 2.44. The minimum absolute atomic E-state index is 0.0607. The lowest BCUT2D eigenvalue weighted by Crippen LogP contribution is -2.34. The van der Waals surface area contributed by atoms with Crippen molar-refractivity contribution in [2.45, 2.75) is 25.0 Å². The zero-order valence-corrected chi connectivity index (χ0v) is 26.9. The number of carbonyl (C=O) groups excluding carboxylic acids is 2. The lowest BCUT2D eigenvalue weighted by molar-refractivity contribution is -0.119. The highest BCUT2D eigenvalue weighted by molar-refractivity contribution is 6.39. The number of fused-ring (bicyclic) bond motifs is 1. The Hall–Kier alpha value is -4.29. The van der Waals surface area contributed by atoms with Crippen LogP contribution in [0.25, 0.3) is 22.4 Å². The molecule has 2 aromatic heterocycles. The van der Waals surface area contributed by atoms with Crippen LogP contribution in [0.5, 0.6) is 5.88 Å². The standard InChI is InChI=1S/C33H32Cl2N6O5/c1-41-33(44)22(10-11-38-41)31(43)39-23-9-5-7-20(29(23)35)19-6-4-8-21(28(19)34)24-13-18-14-25(45-2)30(27(18)32(40-24)46-3)37-16-17-12-26(42)36-15-17/h4-11,13,17,25,30,37H,12,14-16H2,1-3H3,(H,36,42)(H,39,43)/t17-,25+,30-/m0/s1. The number of rotatable bonds is 9. The van der Waals surface area contributed by atoms with Gasteiger partial charge in [-0.25, -0.2) is 9.67 Å². The number of nitrogens with zero attached hydrogens (tertiary/aromatic N) is 3. The summed E-state index contributed by atoms with van der Waals surface area (Å²) in [7, 11) is 4.74. The van der Waals surface area contributed by atoms with Gasteiger partial charge < -0.3 is 25.4 Å². The van der Waals surface area contributed by atoms with Crippen LogP contribution >= 0.6 is 23.2 Å². The van der Waals surface area contributed by atoms with E-state index in [2.05, 4.69) is 21.0 Å². The van der Waals surface area contributed by atoms with Crippen LogP contribution in [0.15, 0.2) is 59.5 Å². The van der Waals surface area contributed by atoms with Crippen LogP contribution in [0.2, 0.25) is 10.0 Å². The minimum atomic E-state index is -0.605. The van der Waals surface area contributed by atoms with Gasteiger partial charge in [0.2, 0.25) is 11.8 Å². The van der Waals surface area contributed by atoms with Gasteiger partial charge in [-0.05, 0) is 29.7 Å². The summed E-state index contributed by atoms with van der Waals surface area (Å²) in [6.45, 7) is 1.30. The van der Waals surface area contributed by atoms with Gasteiger partial charge in [-0.2, -0.15) is 5.10 Å². The molecule has 6 rings (SSSR count). The largest absolute Gasteiger partial charge is 0.481 e. The number of aryl methyl sites for hydroxylation is 1. The summed E-state index contributed by atoms with van der Waals surface area (Å²) in [6, 6.07) is 14.0. The van der Waals surface area contributed by atoms with Gasteiger partial charge in [0.05, 0.1) is 40.7 Å². The van der Waals surface area contributed by atoms with Crippen molar-refractivity contribution in [1.82, 2.24) is 25.4 Å². The van der Waals surface area contributed by atoms with Crippen LogP contribution < -0.4 is 26.2 Å². The minimum Gasteiger partial charge on any atom is -0.481 e. The summed E-state index contributed by atoms with van der Waals surface area (Å²) in [5, 5.41) is 13.7. The van der Waals surface area contributed by atoms with Gasteiger partial charge in [0.15, 0.2) is 0 Å². The van der Waals surface area contributed by atoms with Crippen LogP contribution in [0, 0.1) is 5.92 Å². The van der Waals surface area contributed by atoms with Crippen molar-refractivity contribution in [3.05, 3.63) is 91.8 Å². The Kier molecular flexibility index (Phi) is 9.10. The number of pyridine rings is 1. The highest BCUT2D eigenvalue weighted by atomic mass is 35.5. The van der Waals surface area contributed by atoms with E-state index in [1.807, 2.05) is 24.3 Å². The Morgan fingerprint density at radius 3 is 2.50 bits per heavy atom. The monoisotopic (exact) mass is 662 g/mol. The maximum Gasteiger partial charge on any atom is 0.279 e. The quantitative estimate of drug-likeness (QED) is 0.240. The van der Waals surface area contributed by atoms with Crippen LogP contribution in [0.4, 0.5) is 5.69 Å². The normalized spacial score (nSPS) is 18.7. The predicted molar refractivity (Wildman–Crippen MR) is 175 cm³/mol. The summed E-state index contributed by atoms with van der Waals surface area (Å²) in [4.78, 5) is 41.9. The number of amides is 2. The fourth-order valence-electron chi connectivity index (χ4n) is 6.10. The first-order valence-corrected chi connectivity index (χ1v) is 15.5. The number of carbonyl (C=O) groups is 2. The molecular formula is C33H32Cl2N6O5. The molecule has 2 aromatic carbocycles. The Bertz CT molecular complexity index is 1900. The highest BCUT2D eigenvalue weighted by Gasteiger charge is 2.37. The third-order valence-corrected chi connectivity index (χ3v) is 9.27. The molecule has 0 spiro atoms. The number of halogens is 2. The van der Waals surface area contributed by atoms with Crippen molar-refractivity contribution in [2.75, 3.05) is 32.6 Å². The summed E-state index contributed by atoms with van der Waals surface area (Å²) >= 11 is 13.9. The molecule has 2 amide bonds. The van der Waals surface area contributed by atoms with E-state index >= 15 is 0 Å². The average molecular weight is 664 g/mol. The molecule has 0 saturated carbocycles. The third kappa shape index (κ3) is 5.99. The van der Waals surface area contributed by atoms with E-state index in [1.165, 1.54) is 19.3 Å². The Morgan fingerprint density at radius 1 is 1.04 bits per heavy atom. The molecule has 2 aliphatic rings. The fourth-order valence-corrected chi connectivity index (χ4v) is 6.70. The molecule has 3 atom stereocenters. The summed E-state index contributed by atoms with van der Waals surface area (Å²) < 4.78 is 12.8. The maximum absolute atomic E-state index is 12.9. The number of ether oxygens (including phenoxy) is 2. The van der Waals surface area contributed by atoms with Gasteiger partial charge in [0.25, 0.3) is 11.5 Å². The zero-order valence-electron chi connectivity index (χ0n) is 25.4. The fraction of sp³-hybridized carbons (Fsp3) is 0.303. The van der Waals surface area contributed by atoms with Gasteiger partial charge in [-0.1, -0.05) is 53.5 Å². The Balaban J connectivity index is 1.31. The smallest absolute Gasteiger partial charge is 0.279 e. The first kappa shape index (κ1) is 31.7. The van der Waals surface area contributed by atoms with Crippen molar-refractivity contribution >= 4 is 40.7 Å². The molecule has 3 N–H and O–H groups in total. The number of hydrogen-bond acceptors (Lipinski definition) is 8. The molecule has 4 aromatic rings. The van der Waals surface area contributed by atoms with Crippen LogP contribution in [-0.2, 0) is 23.0 Å². The number of anilines is 1. The molecule has 1 aliphatic heterocycles. The van der Waals surface area contributed by atoms with Gasteiger partial charge in [-0.15, -0.1) is 0 Å². The second-order valence-corrected chi connectivity index (χ2v) is 12.0. The SMILES string of the molecule is COc1nc(-c2cccc(-c3cccc(NC(=O)c4ccnn(C)c4=O)c3Cl)c2Cl)cc2c1[C@@H](NC[C@@H]1CNC(=O)C1)[C@H](OC)C2. The first-order valence-electron chi connectivity index (χ1n) is 14.7. The number of hydrogen-bond donors (Lipinski definition) is 3. The number of benzene rings is 2. The molecule has 3 heterocycles. The maximum atomic E-state index is 12.9. The van der Waals surface area contributed by atoms with E-state index in [9.17, 15) is 14.4 Å². The molecule has 13 heteroatoms. The van der Waals surface area contributed by atoms with Gasteiger partial charge in [0, 0.05) is 68.5 Å². The Morgan fingerprint density at radius 2 is 1.78 bits per heavy atom. The van der Waals surface area contributed by atoms with Crippen molar-refractivity contribution < 1.29 is 19.1 Å². The number of nitrogens with one attached hydrogen (secondary N) is 3. The van der Waals surface area contributed by atoms with E-state index in [-0.39, 0.29) is 34.6 Å². The summed E-state index contributed by atoms with van der Waals surface area (Å²) in [6.07, 6.45) is 2.38. The Labute approximate surface area is 275 Å². The molecule has 1 aliphatic carbocycles. The molecule has 11 nitrogen and oxygen atoms in total. The van der Waals surface area contributed by atoms with E-state index in [4.69, 9.17) is 37.7 Å². The lowest BCUT2D eigenvalue weighted by atomic mass is 9.99. The summed E-state index contributed by atoms with van der Waals surface area (Å²) in [5.41, 5.74) is 4.21. The van der Waals surface area contributed by atoms with E-state index < -0.39 is 11.5 Å². The number of aromatic nitrogens is 3. The molecule has 46 heavy (non-hydrogen) atoms. The van der Waals surface area contributed by atoms with E-state index in [0.29, 0.717) is 64.9 Å². The zero-order chi connectivity index (χ0) is 32.5. The molecule has 1 saturated heterocycles. The van der Waals surface area contributed by atoms with Gasteiger partial charge >= 0.3 is 0 Å². The van der Waals surface area contributed by atoms with Crippen molar-refractivity contribution in [3.8, 4) is 28.3 Å². The van der Waals surface area contributed by atoms with Crippen LogP contribution in [-0.4, -0.2) is 60.0 Å². The second kappa shape index (κ2) is 13.2. The molecule has 0 bridgehead atoms. The van der Waals surface area contributed by atoms with Crippen molar-refractivity contribution in [1.29, 1.82) is 0 Å². The average Bonchev–Trinajstić information content (AvgIpc) is 3.64. The third-order valence-electron chi connectivity index (χ3n) is 8.46. The summed E-state index contributed by atoms with van der Waals surface area (Å²) in [5.74, 6) is 0.138. The van der Waals surface area contributed by atoms with Gasteiger partial charge in [0.1, 0.15) is 5.56 Å². The lowest BCUT2D eigenvalue weighted by Gasteiger charge is -2.23. The van der Waals surface area contributed by atoms with E-state index in [1.54, 1.807) is 32.4 Å². The first-order chi connectivity index (χ1) is 22.2. The second-order valence-electron chi connectivity index (χ2n) is 11.3. The van der Waals surface area contributed by atoms with Gasteiger partial charge in [-0.3, -0.25) is 14.4 Å². The number of methoxy groups -OCH3 is 2. The van der Waals surface area contributed by atoms with E-state index in [0.717, 1.165) is 15.8 Å². The molecule has 0 radical (unpaired) electrons. The molecule has 1 fully saturated rings. The van der Waals surface area contributed by atoms with Crippen LogP contribution in [0.1, 0.15) is 33.9 Å². The topological polar surface area (TPSA) is 136 Å². The molecule has 238 valence electrons. The molecule has 0 unspecified atom stereocenters. The van der Waals surface area contributed by atoms with Crippen molar-refractivity contribution in [2.24, 2.45) is 13.0 Å². The predicted octanol–water partition coefficient (Wildman–Crippen LogP) is 4.41. The van der Waals surface area contributed by atoms with Crippen LogP contribution in [0.3, 0.4) is 0 Å². The van der Waals surface area contributed by atoms with Crippen molar-refractivity contribution in [3.63, 3.8) is 0 Å². The molecular weight excluding hydrogens is 631 g/mol.